The predicted molar refractivity (Wildman–Crippen MR) is 58.3 cm³/mol. The minimum Gasteiger partial charge on any atom is -0.478 e. The zero-order valence-electron chi connectivity index (χ0n) is 8.88. The molecule has 0 saturated carbocycles. The number of carboxylic acid groups (broad SMARTS) is 1. The molecule has 86 valence electrons. The molecule has 0 spiro atoms. The van der Waals surface area contributed by atoms with Gasteiger partial charge in [0, 0.05) is 12.7 Å². The normalized spacial score (nSPS) is 9.81. The lowest BCUT2D eigenvalue weighted by Gasteiger charge is -2.19. The standard InChI is InChI=1S/C10H13N3O3/c1-2-13(6-8(11)14)9-5-7(10(15)16)3-4-12-9/h3-5H,2,6H2,1H3,(H2,11,14)(H,15,16). The lowest BCUT2D eigenvalue weighted by atomic mass is 10.2. The van der Waals surface area contributed by atoms with Gasteiger partial charge in [0.15, 0.2) is 0 Å². The third-order valence-corrected chi connectivity index (χ3v) is 2.04. The first-order valence-corrected chi connectivity index (χ1v) is 4.77. The van der Waals surface area contributed by atoms with Gasteiger partial charge in [0.1, 0.15) is 5.82 Å². The smallest absolute Gasteiger partial charge is 0.335 e. The molecule has 0 aliphatic carbocycles. The largest absolute Gasteiger partial charge is 0.478 e. The number of carbonyl (C=O) groups is 2. The number of nitrogens with zero attached hydrogens (tertiary/aromatic N) is 2. The molecule has 0 atom stereocenters. The van der Waals surface area contributed by atoms with Crippen molar-refractivity contribution in [2.75, 3.05) is 18.0 Å². The summed E-state index contributed by atoms with van der Waals surface area (Å²) in [5.74, 6) is -1.08. The lowest BCUT2D eigenvalue weighted by Crippen LogP contribution is -2.34. The van der Waals surface area contributed by atoms with E-state index in [1.54, 1.807) is 4.90 Å². The van der Waals surface area contributed by atoms with Gasteiger partial charge in [-0.3, -0.25) is 4.79 Å². The fourth-order valence-corrected chi connectivity index (χ4v) is 1.27. The summed E-state index contributed by atoms with van der Waals surface area (Å²) < 4.78 is 0. The van der Waals surface area contributed by atoms with Crippen LogP contribution in [0.25, 0.3) is 0 Å². The van der Waals surface area contributed by atoms with Crippen molar-refractivity contribution in [3.63, 3.8) is 0 Å². The Labute approximate surface area is 92.7 Å². The number of aromatic nitrogens is 1. The van der Waals surface area contributed by atoms with Gasteiger partial charge in [-0.1, -0.05) is 0 Å². The van der Waals surface area contributed by atoms with E-state index in [9.17, 15) is 9.59 Å². The molecule has 6 heteroatoms. The van der Waals surface area contributed by atoms with Crippen LogP contribution in [-0.2, 0) is 4.79 Å². The van der Waals surface area contributed by atoms with Crippen LogP contribution in [0.5, 0.6) is 0 Å². The van der Waals surface area contributed by atoms with Crippen molar-refractivity contribution in [2.24, 2.45) is 5.73 Å². The first kappa shape index (κ1) is 12.0. The molecule has 0 aromatic carbocycles. The maximum absolute atomic E-state index is 10.8. The monoisotopic (exact) mass is 223 g/mol. The Morgan fingerprint density at radius 3 is 2.75 bits per heavy atom. The minimum absolute atomic E-state index is 0.0204. The van der Waals surface area contributed by atoms with Crippen LogP contribution in [0, 0.1) is 0 Å². The van der Waals surface area contributed by atoms with Gasteiger partial charge in [0.05, 0.1) is 12.1 Å². The molecule has 6 nitrogen and oxygen atoms in total. The number of carbonyl (C=O) groups excluding carboxylic acids is 1. The molecule has 0 saturated heterocycles. The van der Waals surface area contributed by atoms with E-state index in [1.165, 1.54) is 18.3 Å². The first-order valence-electron chi connectivity index (χ1n) is 4.77. The van der Waals surface area contributed by atoms with Gasteiger partial charge in [0.2, 0.25) is 5.91 Å². The summed E-state index contributed by atoms with van der Waals surface area (Å²) in [7, 11) is 0. The molecule has 0 unspecified atom stereocenters. The van der Waals surface area contributed by atoms with Crippen molar-refractivity contribution in [1.82, 2.24) is 4.98 Å². The summed E-state index contributed by atoms with van der Waals surface area (Å²) in [6, 6.07) is 2.80. The fraction of sp³-hybridized carbons (Fsp3) is 0.300. The van der Waals surface area contributed by atoms with E-state index >= 15 is 0 Å². The van der Waals surface area contributed by atoms with Gasteiger partial charge < -0.3 is 15.7 Å². The summed E-state index contributed by atoms with van der Waals surface area (Å²) in [6.45, 7) is 2.38. The van der Waals surface area contributed by atoms with Crippen molar-refractivity contribution in [3.8, 4) is 0 Å². The number of likely N-dealkylation sites (N-methyl/N-ethyl adjacent to an activating group) is 1. The topological polar surface area (TPSA) is 96.5 Å². The Morgan fingerprint density at radius 2 is 2.25 bits per heavy atom. The van der Waals surface area contributed by atoms with E-state index < -0.39 is 11.9 Å². The van der Waals surface area contributed by atoms with Crippen LogP contribution in [0.4, 0.5) is 5.82 Å². The Kier molecular flexibility index (Phi) is 3.82. The molecule has 0 aliphatic heterocycles. The number of hydrogen-bond donors (Lipinski definition) is 2. The van der Waals surface area contributed by atoms with E-state index in [-0.39, 0.29) is 12.1 Å². The third kappa shape index (κ3) is 2.94. The molecule has 16 heavy (non-hydrogen) atoms. The van der Waals surface area contributed by atoms with Gasteiger partial charge in [-0.05, 0) is 19.1 Å². The van der Waals surface area contributed by atoms with E-state index in [1.807, 2.05) is 6.92 Å². The number of primary amides is 1. The van der Waals surface area contributed by atoms with Crippen LogP contribution in [-0.4, -0.2) is 35.1 Å². The average Bonchev–Trinajstić information content (AvgIpc) is 2.25. The lowest BCUT2D eigenvalue weighted by molar-refractivity contribution is -0.116. The zero-order chi connectivity index (χ0) is 12.1. The van der Waals surface area contributed by atoms with Gasteiger partial charge >= 0.3 is 5.97 Å². The number of amides is 1. The van der Waals surface area contributed by atoms with Crippen LogP contribution < -0.4 is 10.6 Å². The molecule has 0 fully saturated rings. The van der Waals surface area contributed by atoms with Crippen LogP contribution in [0.1, 0.15) is 17.3 Å². The van der Waals surface area contributed by atoms with Crippen LogP contribution in [0.3, 0.4) is 0 Å². The number of rotatable bonds is 5. The molecule has 1 amide bonds. The van der Waals surface area contributed by atoms with Crippen LogP contribution in [0.15, 0.2) is 18.3 Å². The summed E-state index contributed by atoms with van der Waals surface area (Å²) in [5, 5.41) is 8.81. The van der Waals surface area contributed by atoms with Crippen LogP contribution in [0.2, 0.25) is 0 Å². The highest BCUT2D eigenvalue weighted by Gasteiger charge is 2.11. The van der Waals surface area contributed by atoms with E-state index in [2.05, 4.69) is 4.98 Å². The van der Waals surface area contributed by atoms with Gasteiger partial charge in [-0.2, -0.15) is 0 Å². The van der Waals surface area contributed by atoms with E-state index in [4.69, 9.17) is 10.8 Å². The van der Waals surface area contributed by atoms with E-state index in [0.717, 1.165) is 0 Å². The number of hydrogen-bond acceptors (Lipinski definition) is 4. The number of aromatic carboxylic acids is 1. The van der Waals surface area contributed by atoms with Crippen molar-refractivity contribution >= 4 is 17.7 Å². The summed E-state index contributed by atoms with van der Waals surface area (Å²) in [4.78, 5) is 27.2. The maximum Gasteiger partial charge on any atom is 0.335 e. The molecule has 1 aromatic heterocycles. The molecular formula is C10H13N3O3. The molecule has 3 N–H and O–H groups in total. The van der Waals surface area contributed by atoms with Gasteiger partial charge in [-0.15, -0.1) is 0 Å². The average molecular weight is 223 g/mol. The molecule has 1 aromatic rings. The van der Waals surface area contributed by atoms with Crippen molar-refractivity contribution < 1.29 is 14.7 Å². The highest BCUT2D eigenvalue weighted by atomic mass is 16.4. The fourth-order valence-electron chi connectivity index (χ4n) is 1.27. The predicted octanol–water partition coefficient (Wildman–Crippen LogP) is 0.0914. The summed E-state index contributed by atoms with van der Waals surface area (Å²) in [6.07, 6.45) is 1.39. The SMILES string of the molecule is CCN(CC(N)=O)c1cc(C(=O)O)ccn1. The Hall–Kier alpha value is -2.11. The summed E-state index contributed by atoms with van der Waals surface area (Å²) in [5.41, 5.74) is 5.21. The Balaban J connectivity index is 2.96. The molecular weight excluding hydrogens is 210 g/mol. The second kappa shape index (κ2) is 5.11. The second-order valence-electron chi connectivity index (χ2n) is 3.19. The second-order valence-corrected chi connectivity index (χ2v) is 3.19. The number of carboxylic acids is 1. The molecule has 1 rings (SSSR count). The molecule has 1 heterocycles. The Bertz CT molecular complexity index is 406. The highest BCUT2D eigenvalue weighted by Crippen LogP contribution is 2.12. The van der Waals surface area contributed by atoms with Gasteiger partial charge in [0.25, 0.3) is 0 Å². The highest BCUT2D eigenvalue weighted by molar-refractivity contribution is 5.88. The number of nitrogens with two attached hydrogens (primary N) is 1. The van der Waals surface area contributed by atoms with Crippen LogP contribution >= 0.6 is 0 Å². The quantitative estimate of drug-likeness (QED) is 0.737. The maximum atomic E-state index is 10.8. The van der Waals surface area contributed by atoms with E-state index in [0.29, 0.717) is 12.4 Å². The molecule has 0 radical (unpaired) electrons. The molecule has 0 aliphatic rings. The summed E-state index contributed by atoms with van der Waals surface area (Å²) >= 11 is 0. The van der Waals surface area contributed by atoms with Crippen molar-refractivity contribution in [1.29, 1.82) is 0 Å². The third-order valence-electron chi connectivity index (χ3n) is 2.04. The minimum atomic E-state index is -1.03. The number of anilines is 1. The van der Waals surface area contributed by atoms with Gasteiger partial charge in [-0.25, -0.2) is 9.78 Å². The zero-order valence-corrected chi connectivity index (χ0v) is 8.88. The number of pyridine rings is 1. The van der Waals surface area contributed by atoms with Crippen molar-refractivity contribution in [2.45, 2.75) is 6.92 Å². The van der Waals surface area contributed by atoms with Crippen molar-refractivity contribution in [3.05, 3.63) is 23.9 Å². The Morgan fingerprint density at radius 1 is 1.56 bits per heavy atom. The molecule has 0 bridgehead atoms. The first-order chi connectivity index (χ1) is 7.54.